The van der Waals surface area contributed by atoms with E-state index in [0.29, 0.717) is 17.1 Å². The second-order valence-electron chi connectivity index (χ2n) is 11.1. The number of Topliss-reactive ketones (excluding diaryl/α,β-unsaturated/α-hetero) is 1. The smallest absolute Gasteiger partial charge is 0.165 e. The number of hydrogen-bond donors (Lipinski definition) is 0. The van der Waals surface area contributed by atoms with Crippen LogP contribution in [-0.2, 0) is 11.3 Å². The molecule has 4 aliphatic carbocycles. The summed E-state index contributed by atoms with van der Waals surface area (Å²) in [5.74, 6) is 3.54. The van der Waals surface area contributed by atoms with Gasteiger partial charge in [0, 0.05) is 23.2 Å². The van der Waals surface area contributed by atoms with Crippen LogP contribution in [0.3, 0.4) is 0 Å². The van der Waals surface area contributed by atoms with E-state index in [0.717, 1.165) is 48.3 Å². The molecule has 158 valence electrons. The van der Waals surface area contributed by atoms with Gasteiger partial charge in [-0.1, -0.05) is 26.7 Å². The van der Waals surface area contributed by atoms with E-state index in [-0.39, 0.29) is 5.41 Å². The van der Waals surface area contributed by atoms with E-state index in [4.69, 9.17) is 0 Å². The van der Waals surface area contributed by atoms with Crippen LogP contribution >= 0.6 is 0 Å². The molecule has 0 N–H and O–H groups in total. The van der Waals surface area contributed by atoms with E-state index >= 15 is 0 Å². The molecule has 1 aromatic rings. The molecule has 0 aliphatic heterocycles. The second kappa shape index (κ2) is 6.82. The molecule has 5 rings (SSSR count). The summed E-state index contributed by atoms with van der Waals surface area (Å²) in [6.07, 6.45) is 16.0. The Kier molecular flexibility index (Phi) is 4.60. The number of nitrogens with zero attached hydrogens (tertiary/aromatic N) is 2. The van der Waals surface area contributed by atoms with Gasteiger partial charge in [0.2, 0.25) is 0 Å². The zero-order valence-corrected chi connectivity index (χ0v) is 18.8. The number of aromatic nitrogens is 2. The van der Waals surface area contributed by atoms with Gasteiger partial charge in [-0.05, 0) is 99.5 Å². The first-order valence-electron chi connectivity index (χ1n) is 12.2. The molecule has 0 amide bonds. The fourth-order valence-corrected chi connectivity index (χ4v) is 8.20. The summed E-state index contributed by atoms with van der Waals surface area (Å²) in [4.78, 5) is 13.6. The van der Waals surface area contributed by atoms with Gasteiger partial charge < -0.3 is 0 Å². The molecule has 4 saturated carbocycles. The van der Waals surface area contributed by atoms with Crippen molar-refractivity contribution in [3.05, 3.63) is 23.0 Å². The number of rotatable bonds is 2. The Morgan fingerprint density at radius 1 is 1.14 bits per heavy atom. The van der Waals surface area contributed by atoms with Crippen LogP contribution in [0.25, 0.3) is 6.08 Å². The fraction of sp³-hybridized carbons (Fsp3) is 0.769. The number of ketones is 1. The first kappa shape index (κ1) is 19.6. The highest BCUT2D eigenvalue weighted by Gasteiger charge is 2.60. The van der Waals surface area contributed by atoms with Gasteiger partial charge in [-0.2, -0.15) is 5.10 Å². The van der Waals surface area contributed by atoms with Crippen molar-refractivity contribution in [1.82, 2.24) is 9.78 Å². The second-order valence-corrected chi connectivity index (χ2v) is 11.1. The standard InChI is InChI=1S/C26H38N2O/c1-5-28-17(2)19(16-27-28)14-18-15-23-21-10-9-20-8-6-7-12-25(20,3)22(21)11-13-26(23,4)24(18)29/h14,16,20-23H,5-13,15H2,1-4H3/b18-14-/t20-,21+,22-,23-,25+,26-/m1/s1. The third kappa shape index (κ3) is 2.75. The summed E-state index contributed by atoms with van der Waals surface area (Å²) in [7, 11) is 0. The van der Waals surface area contributed by atoms with Crippen LogP contribution in [0, 0.1) is 41.4 Å². The fourth-order valence-electron chi connectivity index (χ4n) is 8.20. The number of allylic oxidation sites excluding steroid dienone is 1. The number of fused-ring (bicyclic) bond motifs is 5. The molecule has 0 aromatic carbocycles. The number of hydrogen-bond acceptors (Lipinski definition) is 2. The molecule has 3 heteroatoms. The van der Waals surface area contributed by atoms with Crippen LogP contribution < -0.4 is 0 Å². The molecule has 29 heavy (non-hydrogen) atoms. The van der Waals surface area contributed by atoms with Gasteiger partial charge in [-0.15, -0.1) is 0 Å². The summed E-state index contributed by atoms with van der Waals surface area (Å²) in [6.45, 7) is 10.0. The van der Waals surface area contributed by atoms with Crippen LogP contribution in [0.1, 0.15) is 89.8 Å². The van der Waals surface area contributed by atoms with E-state index in [9.17, 15) is 4.79 Å². The van der Waals surface area contributed by atoms with Gasteiger partial charge in [0.25, 0.3) is 0 Å². The molecular weight excluding hydrogens is 356 g/mol. The maximum Gasteiger partial charge on any atom is 0.165 e. The van der Waals surface area contributed by atoms with Gasteiger partial charge in [0.15, 0.2) is 5.78 Å². The van der Waals surface area contributed by atoms with Crippen molar-refractivity contribution < 1.29 is 4.79 Å². The van der Waals surface area contributed by atoms with E-state index in [1.807, 2.05) is 10.9 Å². The largest absolute Gasteiger partial charge is 0.294 e. The topological polar surface area (TPSA) is 34.9 Å². The Hall–Kier alpha value is -1.38. The van der Waals surface area contributed by atoms with Crippen molar-refractivity contribution >= 4 is 11.9 Å². The van der Waals surface area contributed by atoms with Gasteiger partial charge in [0.1, 0.15) is 0 Å². The van der Waals surface area contributed by atoms with Gasteiger partial charge in [0.05, 0.1) is 6.20 Å². The third-order valence-corrected chi connectivity index (χ3v) is 9.99. The minimum Gasteiger partial charge on any atom is -0.294 e. The molecule has 0 saturated heterocycles. The highest BCUT2D eigenvalue weighted by molar-refractivity contribution is 6.06. The van der Waals surface area contributed by atoms with E-state index in [1.165, 1.54) is 50.6 Å². The summed E-state index contributed by atoms with van der Waals surface area (Å²) in [5.41, 5.74) is 3.81. The Morgan fingerprint density at radius 3 is 2.72 bits per heavy atom. The molecular formula is C26H38N2O. The monoisotopic (exact) mass is 394 g/mol. The highest BCUT2D eigenvalue weighted by Crippen LogP contribution is 2.66. The third-order valence-electron chi connectivity index (χ3n) is 9.99. The Bertz CT molecular complexity index is 851. The Morgan fingerprint density at radius 2 is 1.97 bits per heavy atom. The molecule has 0 spiro atoms. The molecule has 0 unspecified atom stereocenters. The molecule has 1 aromatic heterocycles. The molecule has 4 aliphatic rings. The quantitative estimate of drug-likeness (QED) is 0.559. The summed E-state index contributed by atoms with van der Waals surface area (Å²) >= 11 is 0. The zero-order valence-electron chi connectivity index (χ0n) is 18.8. The lowest BCUT2D eigenvalue weighted by Gasteiger charge is -2.59. The normalized spacial score (nSPS) is 43.2. The minimum absolute atomic E-state index is 0.125. The lowest BCUT2D eigenvalue weighted by Crippen LogP contribution is -2.52. The molecule has 4 fully saturated rings. The maximum atomic E-state index is 13.6. The Labute approximate surface area is 176 Å². The number of carbonyl (C=O) groups is 1. The van der Waals surface area contributed by atoms with Crippen molar-refractivity contribution in [3.63, 3.8) is 0 Å². The highest BCUT2D eigenvalue weighted by atomic mass is 16.1. The number of aryl methyl sites for hydroxylation is 1. The lowest BCUT2D eigenvalue weighted by atomic mass is 9.45. The van der Waals surface area contributed by atoms with Crippen molar-refractivity contribution in [2.45, 2.75) is 92.0 Å². The summed E-state index contributed by atoms with van der Waals surface area (Å²) in [6, 6.07) is 0. The lowest BCUT2D eigenvalue weighted by molar-refractivity contribution is -0.137. The predicted octanol–water partition coefficient (Wildman–Crippen LogP) is 6.21. The van der Waals surface area contributed by atoms with Crippen LogP contribution in [-0.4, -0.2) is 15.6 Å². The molecule has 3 nitrogen and oxygen atoms in total. The van der Waals surface area contributed by atoms with Crippen LogP contribution in [0.4, 0.5) is 0 Å². The molecule has 6 atom stereocenters. The van der Waals surface area contributed by atoms with Crippen molar-refractivity contribution in [3.8, 4) is 0 Å². The summed E-state index contributed by atoms with van der Waals surface area (Å²) < 4.78 is 2.03. The van der Waals surface area contributed by atoms with E-state index < -0.39 is 0 Å². The van der Waals surface area contributed by atoms with Crippen LogP contribution in [0.15, 0.2) is 11.8 Å². The van der Waals surface area contributed by atoms with Crippen molar-refractivity contribution in [1.29, 1.82) is 0 Å². The molecule has 0 bridgehead atoms. The number of carbonyl (C=O) groups excluding carboxylic acids is 1. The maximum absolute atomic E-state index is 13.6. The summed E-state index contributed by atoms with van der Waals surface area (Å²) in [5, 5.41) is 4.49. The van der Waals surface area contributed by atoms with Gasteiger partial charge >= 0.3 is 0 Å². The van der Waals surface area contributed by atoms with Crippen LogP contribution in [0.2, 0.25) is 0 Å². The zero-order chi connectivity index (χ0) is 20.4. The minimum atomic E-state index is -0.125. The van der Waals surface area contributed by atoms with Gasteiger partial charge in [-0.3, -0.25) is 9.48 Å². The van der Waals surface area contributed by atoms with Crippen molar-refractivity contribution in [2.24, 2.45) is 34.5 Å². The predicted molar refractivity (Wildman–Crippen MR) is 117 cm³/mol. The van der Waals surface area contributed by atoms with E-state index in [1.54, 1.807) is 0 Å². The van der Waals surface area contributed by atoms with Gasteiger partial charge in [-0.25, -0.2) is 0 Å². The average Bonchev–Trinajstić information content (AvgIpc) is 3.19. The Balaban J connectivity index is 1.46. The first-order chi connectivity index (χ1) is 13.9. The molecule has 0 radical (unpaired) electrons. The van der Waals surface area contributed by atoms with Crippen molar-refractivity contribution in [2.75, 3.05) is 0 Å². The molecule has 1 heterocycles. The average molecular weight is 395 g/mol. The van der Waals surface area contributed by atoms with Crippen LogP contribution in [0.5, 0.6) is 0 Å². The SMILES string of the molecule is CCn1ncc(/C=C2/C[C@@H]3[C@H]4CC[C@H]5CCCC[C@]5(C)[C@@H]4CC[C@@]3(C)C2=O)c1C. The first-order valence-corrected chi connectivity index (χ1v) is 12.2. The van der Waals surface area contributed by atoms with E-state index in [2.05, 4.69) is 38.9 Å².